The molecule has 0 aliphatic carbocycles. The summed E-state index contributed by atoms with van der Waals surface area (Å²) >= 11 is 3.19. The molecule has 0 saturated heterocycles. The smallest absolute Gasteiger partial charge is 0.312 e. The lowest BCUT2D eigenvalue weighted by Crippen LogP contribution is -2.02. The minimum absolute atomic E-state index is 0.0575. The van der Waals surface area contributed by atoms with Crippen LogP contribution in [0.5, 0.6) is 0 Å². The maximum atomic E-state index is 11.1. The standard InChI is InChI=1S/C14H14BrN3O2/c1-9(2)11-5-3-4-6-12(11)17-14-13(18(19)20)7-10(15)8-16-14/h3-9H,1-2H3,(H,16,17). The normalized spacial score (nSPS) is 10.6. The predicted molar refractivity (Wildman–Crippen MR) is 82.4 cm³/mol. The maximum Gasteiger partial charge on any atom is 0.312 e. The van der Waals surface area contributed by atoms with Crippen molar-refractivity contribution in [1.29, 1.82) is 0 Å². The molecule has 6 heteroatoms. The van der Waals surface area contributed by atoms with Crippen molar-refractivity contribution in [2.75, 3.05) is 5.32 Å². The Kier molecular flexibility index (Phi) is 4.34. The van der Waals surface area contributed by atoms with Crippen LogP contribution in [0.4, 0.5) is 17.2 Å². The van der Waals surface area contributed by atoms with E-state index in [4.69, 9.17) is 0 Å². The Morgan fingerprint density at radius 1 is 1.35 bits per heavy atom. The van der Waals surface area contributed by atoms with E-state index in [0.29, 0.717) is 10.4 Å². The van der Waals surface area contributed by atoms with Gasteiger partial charge in [0.15, 0.2) is 0 Å². The number of para-hydroxylation sites is 1. The number of anilines is 2. The van der Waals surface area contributed by atoms with Crippen molar-refractivity contribution < 1.29 is 4.92 Å². The van der Waals surface area contributed by atoms with Gasteiger partial charge >= 0.3 is 5.69 Å². The van der Waals surface area contributed by atoms with Gasteiger partial charge in [-0.1, -0.05) is 32.0 Å². The van der Waals surface area contributed by atoms with E-state index < -0.39 is 4.92 Å². The number of rotatable bonds is 4. The third-order valence-corrected chi connectivity index (χ3v) is 3.30. The van der Waals surface area contributed by atoms with E-state index in [2.05, 4.69) is 40.1 Å². The predicted octanol–water partition coefficient (Wildman–Crippen LogP) is 4.62. The Balaban J connectivity index is 2.43. The second kappa shape index (κ2) is 6.00. The number of nitrogens with one attached hydrogen (secondary N) is 1. The lowest BCUT2D eigenvalue weighted by molar-refractivity contribution is -0.384. The first-order valence-electron chi connectivity index (χ1n) is 6.15. The molecule has 0 aliphatic rings. The fourth-order valence-electron chi connectivity index (χ4n) is 1.91. The summed E-state index contributed by atoms with van der Waals surface area (Å²) in [5.41, 5.74) is 1.87. The van der Waals surface area contributed by atoms with E-state index in [1.807, 2.05) is 24.3 Å². The first-order valence-corrected chi connectivity index (χ1v) is 6.94. The SMILES string of the molecule is CC(C)c1ccccc1Nc1ncc(Br)cc1[N+](=O)[O-]. The molecular formula is C14H14BrN3O2. The number of nitrogens with zero attached hydrogens (tertiary/aromatic N) is 2. The van der Waals surface area contributed by atoms with E-state index in [9.17, 15) is 10.1 Å². The molecule has 20 heavy (non-hydrogen) atoms. The van der Waals surface area contributed by atoms with Crippen LogP contribution >= 0.6 is 15.9 Å². The van der Waals surface area contributed by atoms with E-state index >= 15 is 0 Å². The quantitative estimate of drug-likeness (QED) is 0.653. The van der Waals surface area contributed by atoms with Crippen LogP contribution in [0.1, 0.15) is 25.3 Å². The molecule has 2 aromatic rings. The van der Waals surface area contributed by atoms with E-state index in [-0.39, 0.29) is 11.5 Å². The van der Waals surface area contributed by atoms with Crippen LogP contribution in [0.15, 0.2) is 41.0 Å². The maximum absolute atomic E-state index is 11.1. The summed E-state index contributed by atoms with van der Waals surface area (Å²) in [5.74, 6) is 0.555. The van der Waals surface area contributed by atoms with E-state index in [0.717, 1.165) is 11.3 Å². The molecule has 0 unspecified atom stereocenters. The molecule has 1 heterocycles. The van der Waals surface area contributed by atoms with Gasteiger partial charge in [0.05, 0.1) is 4.92 Å². The highest BCUT2D eigenvalue weighted by Gasteiger charge is 2.17. The molecule has 0 atom stereocenters. The Labute approximate surface area is 125 Å². The van der Waals surface area contributed by atoms with Gasteiger partial charge in [-0.3, -0.25) is 10.1 Å². The highest BCUT2D eigenvalue weighted by Crippen LogP contribution is 2.31. The molecule has 0 fully saturated rings. The zero-order chi connectivity index (χ0) is 14.7. The van der Waals surface area contributed by atoms with E-state index in [1.54, 1.807) is 0 Å². The highest BCUT2D eigenvalue weighted by molar-refractivity contribution is 9.10. The number of hydrogen-bond acceptors (Lipinski definition) is 4. The van der Waals surface area contributed by atoms with Gasteiger partial charge in [-0.25, -0.2) is 4.98 Å². The van der Waals surface area contributed by atoms with Gasteiger partial charge in [-0.15, -0.1) is 0 Å². The summed E-state index contributed by atoms with van der Waals surface area (Å²) in [4.78, 5) is 14.7. The van der Waals surface area contributed by atoms with Crippen LogP contribution in [-0.4, -0.2) is 9.91 Å². The molecule has 0 aliphatic heterocycles. The summed E-state index contributed by atoms with van der Waals surface area (Å²) in [6, 6.07) is 9.16. The zero-order valence-electron chi connectivity index (χ0n) is 11.1. The Bertz CT molecular complexity index is 644. The number of hydrogen-bond donors (Lipinski definition) is 1. The molecule has 0 amide bonds. The highest BCUT2D eigenvalue weighted by atomic mass is 79.9. The monoisotopic (exact) mass is 335 g/mol. The van der Waals surface area contributed by atoms with Crippen LogP contribution in [-0.2, 0) is 0 Å². The van der Waals surface area contributed by atoms with Crippen molar-refractivity contribution in [3.63, 3.8) is 0 Å². The summed E-state index contributed by atoms with van der Waals surface area (Å²) in [6.07, 6.45) is 1.54. The number of halogens is 1. The molecule has 0 radical (unpaired) electrons. The lowest BCUT2D eigenvalue weighted by atomic mass is 10.0. The lowest BCUT2D eigenvalue weighted by Gasteiger charge is -2.14. The van der Waals surface area contributed by atoms with Crippen molar-refractivity contribution in [3.8, 4) is 0 Å². The molecular weight excluding hydrogens is 322 g/mol. The summed E-state index contributed by atoms with van der Waals surface area (Å²) in [5, 5.41) is 14.1. The van der Waals surface area contributed by atoms with Gasteiger partial charge < -0.3 is 5.32 Å². The second-order valence-electron chi connectivity index (χ2n) is 4.65. The number of benzene rings is 1. The van der Waals surface area contributed by atoms with Crippen molar-refractivity contribution in [2.45, 2.75) is 19.8 Å². The van der Waals surface area contributed by atoms with Crippen molar-refractivity contribution in [2.24, 2.45) is 0 Å². The molecule has 1 N–H and O–H groups in total. The van der Waals surface area contributed by atoms with Crippen molar-refractivity contribution in [1.82, 2.24) is 4.98 Å². The third kappa shape index (κ3) is 3.14. The van der Waals surface area contributed by atoms with Gasteiger partial charge in [0.25, 0.3) is 0 Å². The Hall–Kier alpha value is -1.95. The molecule has 0 bridgehead atoms. The van der Waals surface area contributed by atoms with Crippen LogP contribution in [0, 0.1) is 10.1 Å². The molecule has 0 saturated carbocycles. The molecule has 1 aromatic carbocycles. The fraction of sp³-hybridized carbons (Fsp3) is 0.214. The summed E-state index contributed by atoms with van der Waals surface area (Å²) < 4.78 is 0.576. The van der Waals surface area contributed by atoms with Crippen LogP contribution in [0.3, 0.4) is 0 Å². The molecule has 2 rings (SSSR count). The van der Waals surface area contributed by atoms with Crippen LogP contribution in [0.25, 0.3) is 0 Å². The Morgan fingerprint density at radius 3 is 2.70 bits per heavy atom. The fourth-order valence-corrected chi connectivity index (χ4v) is 2.23. The van der Waals surface area contributed by atoms with Crippen molar-refractivity contribution in [3.05, 3.63) is 56.7 Å². The topological polar surface area (TPSA) is 68.1 Å². The molecule has 0 spiro atoms. The number of pyridine rings is 1. The second-order valence-corrected chi connectivity index (χ2v) is 5.56. The third-order valence-electron chi connectivity index (χ3n) is 2.87. The van der Waals surface area contributed by atoms with Crippen molar-refractivity contribution >= 4 is 33.1 Å². The van der Waals surface area contributed by atoms with Gasteiger partial charge in [0.1, 0.15) is 0 Å². The van der Waals surface area contributed by atoms with Gasteiger partial charge in [-0.05, 0) is 33.5 Å². The number of aromatic nitrogens is 1. The van der Waals surface area contributed by atoms with Gasteiger partial charge in [0, 0.05) is 22.4 Å². The van der Waals surface area contributed by atoms with Gasteiger partial charge in [-0.2, -0.15) is 0 Å². The molecule has 1 aromatic heterocycles. The average Bonchev–Trinajstić information content (AvgIpc) is 2.41. The Morgan fingerprint density at radius 2 is 2.05 bits per heavy atom. The minimum atomic E-state index is -0.446. The van der Waals surface area contributed by atoms with Gasteiger partial charge in [0.2, 0.25) is 5.82 Å². The zero-order valence-corrected chi connectivity index (χ0v) is 12.7. The largest absolute Gasteiger partial charge is 0.334 e. The van der Waals surface area contributed by atoms with E-state index in [1.165, 1.54) is 12.3 Å². The summed E-state index contributed by atoms with van der Waals surface area (Å²) in [6.45, 7) is 4.15. The average molecular weight is 336 g/mol. The molecule has 104 valence electrons. The van der Waals surface area contributed by atoms with Crippen LogP contribution < -0.4 is 5.32 Å². The number of nitro groups is 1. The minimum Gasteiger partial charge on any atom is -0.334 e. The summed E-state index contributed by atoms with van der Waals surface area (Å²) in [7, 11) is 0. The first-order chi connectivity index (χ1) is 9.49. The van der Waals surface area contributed by atoms with Crippen LogP contribution in [0.2, 0.25) is 0 Å². The first kappa shape index (κ1) is 14.5. The molecule has 5 nitrogen and oxygen atoms in total.